The first-order valence-electron chi connectivity index (χ1n) is 6.64. The molecule has 0 spiro atoms. The number of hydrogen-bond donors (Lipinski definition) is 2. The van der Waals surface area contributed by atoms with Gasteiger partial charge >= 0.3 is 6.11 Å². The van der Waals surface area contributed by atoms with Gasteiger partial charge in [-0.05, 0) is 31.6 Å². The molecule has 0 saturated carbocycles. The largest absolute Gasteiger partial charge is 0.480 e. The summed E-state index contributed by atoms with van der Waals surface area (Å²) < 4.78 is 36.7. The summed E-state index contributed by atoms with van der Waals surface area (Å²) >= 11 is 0. The van der Waals surface area contributed by atoms with Crippen molar-refractivity contribution in [3.63, 3.8) is 0 Å². The molecular formula is C15H18F2N2O2. The van der Waals surface area contributed by atoms with E-state index in [2.05, 4.69) is 23.8 Å². The predicted octanol–water partition coefficient (Wildman–Crippen LogP) is 3.58. The Balaban J connectivity index is 2.11. The Morgan fingerprint density at radius 2 is 2.19 bits per heavy atom. The SMILES string of the molecule is C=C(NC(=C)OCC)Nc1cccc2c1OC(F)(F)CC2. The summed E-state index contributed by atoms with van der Waals surface area (Å²) in [6.07, 6.45) is -3.19. The van der Waals surface area contributed by atoms with Crippen LogP contribution in [0.2, 0.25) is 0 Å². The molecule has 0 fully saturated rings. The van der Waals surface area contributed by atoms with Crippen molar-refractivity contribution in [2.75, 3.05) is 11.9 Å². The molecule has 0 aromatic heterocycles. The van der Waals surface area contributed by atoms with E-state index in [1.165, 1.54) is 0 Å². The van der Waals surface area contributed by atoms with Gasteiger partial charge in [-0.2, -0.15) is 8.78 Å². The molecule has 1 aliphatic heterocycles. The van der Waals surface area contributed by atoms with Crippen molar-refractivity contribution < 1.29 is 18.3 Å². The van der Waals surface area contributed by atoms with Gasteiger partial charge in [0.25, 0.3) is 0 Å². The Hall–Kier alpha value is -2.24. The van der Waals surface area contributed by atoms with Crippen LogP contribution in [0.4, 0.5) is 14.5 Å². The van der Waals surface area contributed by atoms with Gasteiger partial charge in [-0.3, -0.25) is 0 Å². The highest BCUT2D eigenvalue weighted by molar-refractivity contribution is 5.63. The van der Waals surface area contributed by atoms with Gasteiger partial charge in [-0.1, -0.05) is 18.7 Å². The topological polar surface area (TPSA) is 42.5 Å². The lowest BCUT2D eigenvalue weighted by molar-refractivity contribution is -0.186. The molecule has 0 atom stereocenters. The van der Waals surface area contributed by atoms with Gasteiger partial charge < -0.3 is 20.1 Å². The van der Waals surface area contributed by atoms with Crippen LogP contribution in [-0.4, -0.2) is 12.7 Å². The first-order valence-corrected chi connectivity index (χ1v) is 6.64. The normalized spacial score (nSPS) is 15.4. The third-order valence-corrected chi connectivity index (χ3v) is 2.93. The number of fused-ring (bicyclic) bond motifs is 1. The highest BCUT2D eigenvalue weighted by atomic mass is 19.3. The second-order valence-corrected chi connectivity index (χ2v) is 4.62. The second-order valence-electron chi connectivity index (χ2n) is 4.62. The van der Waals surface area contributed by atoms with E-state index in [9.17, 15) is 8.78 Å². The van der Waals surface area contributed by atoms with Crippen LogP contribution < -0.4 is 15.4 Å². The molecule has 0 unspecified atom stereocenters. The molecule has 0 aliphatic carbocycles. The van der Waals surface area contributed by atoms with E-state index in [4.69, 9.17) is 9.47 Å². The first-order chi connectivity index (χ1) is 9.91. The van der Waals surface area contributed by atoms with Crippen LogP contribution in [0.1, 0.15) is 18.9 Å². The Morgan fingerprint density at radius 1 is 1.43 bits per heavy atom. The highest BCUT2D eigenvalue weighted by Gasteiger charge is 2.37. The van der Waals surface area contributed by atoms with E-state index in [1.807, 2.05) is 6.92 Å². The molecule has 114 valence electrons. The maximum atomic E-state index is 13.4. The number of ether oxygens (including phenoxy) is 2. The van der Waals surface area contributed by atoms with Crippen molar-refractivity contribution in [1.29, 1.82) is 0 Å². The molecule has 0 bridgehead atoms. The van der Waals surface area contributed by atoms with Crippen molar-refractivity contribution in [3.05, 3.63) is 48.6 Å². The minimum Gasteiger partial charge on any atom is -0.480 e. The number of halogens is 2. The molecule has 21 heavy (non-hydrogen) atoms. The molecular weight excluding hydrogens is 278 g/mol. The molecule has 0 saturated heterocycles. The van der Waals surface area contributed by atoms with Crippen LogP contribution in [-0.2, 0) is 11.2 Å². The Bertz CT molecular complexity index is 559. The predicted molar refractivity (Wildman–Crippen MR) is 77.0 cm³/mol. The van der Waals surface area contributed by atoms with Gasteiger partial charge in [0.2, 0.25) is 0 Å². The van der Waals surface area contributed by atoms with Crippen molar-refractivity contribution in [3.8, 4) is 5.75 Å². The number of alkyl halides is 2. The smallest absolute Gasteiger partial charge is 0.398 e. The third-order valence-electron chi connectivity index (χ3n) is 2.93. The molecule has 2 N–H and O–H groups in total. The lowest BCUT2D eigenvalue weighted by atomic mass is 10.0. The third kappa shape index (κ3) is 3.87. The van der Waals surface area contributed by atoms with E-state index in [0.717, 1.165) is 5.56 Å². The van der Waals surface area contributed by atoms with E-state index in [-0.39, 0.29) is 18.6 Å². The monoisotopic (exact) mass is 296 g/mol. The Labute approximate surface area is 122 Å². The zero-order chi connectivity index (χ0) is 15.5. The lowest BCUT2D eigenvalue weighted by Gasteiger charge is -2.27. The summed E-state index contributed by atoms with van der Waals surface area (Å²) in [5, 5.41) is 5.68. The van der Waals surface area contributed by atoms with Crippen LogP contribution in [0.25, 0.3) is 0 Å². The summed E-state index contributed by atoms with van der Waals surface area (Å²) in [4.78, 5) is 0. The molecule has 0 amide bonds. The molecule has 2 rings (SSSR count). The average Bonchev–Trinajstić information content (AvgIpc) is 2.39. The van der Waals surface area contributed by atoms with Gasteiger partial charge in [0, 0.05) is 0 Å². The number of benzene rings is 1. The molecule has 1 aromatic carbocycles. The van der Waals surface area contributed by atoms with E-state index >= 15 is 0 Å². The van der Waals surface area contributed by atoms with Gasteiger partial charge in [-0.25, -0.2) is 0 Å². The van der Waals surface area contributed by atoms with Gasteiger partial charge in [0.05, 0.1) is 18.7 Å². The van der Waals surface area contributed by atoms with Crippen molar-refractivity contribution in [2.24, 2.45) is 0 Å². The molecule has 1 aliphatic rings. The number of hydrogen-bond acceptors (Lipinski definition) is 4. The number of para-hydroxylation sites is 1. The summed E-state index contributed by atoms with van der Waals surface area (Å²) in [7, 11) is 0. The first kappa shape index (κ1) is 15.2. The summed E-state index contributed by atoms with van der Waals surface area (Å²) in [5.41, 5.74) is 1.16. The van der Waals surface area contributed by atoms with E-state index in [1.54, 1.807) is 18.2 Å². The zero-order valence-corrected chi connectivity index (χ0v) is 11.8. The summed E-state index contributed by atoms with van der Waals surface area (Å²) in [5.74, 6) is 0.837. The second kappa shape index (κ2) is 6.03. The Morgan fingerprint density at radius 3 is 2.90 bits per heavy atom. The zero-order valence-electron chi connectivity index (χ0n) is 11.8. The maximum Gasteiger partial charge on any atom is 0.398 e. The molecule has 4 nitrogen and oxygen atoms in total. The average molecular weight is 296 g/mol. The van der Waals surface area contributed by atoms with Crippen LogP contribution >= 0.6 is 0 Å². The molecule has 1 heterocycles. The van der Waals surface area contributed by atoms with Crippen molar-refractivity contribution in [1.82, 2.24) is 5.32 Å². The van der Waals surface area contributed by atoms with E-state index < -0.39 is 6.11 Å². The fraction of sp³-hybridized carbons (Fsp3) is 0.333. The van der Waals surface area contributed by atoms with Crippen molar-refractivity contribution >= 4 is 5.69 Å². The summed E-state index contributed by atoms with van der Waals surface area (Å²) in [6, 6.07) is 5.19. The molecule has 6 heteroatoms. The van der Waals surface area contributed by atoms with Crippen molar-refractivity contribution in [2.45, 2.75) is 25.9 Å². The maximum absolute atomic E-state index is 13.4. The fourth-order valence-corrected chi connectivity index (χ4v) is 2.05. The van der Waals surface area contributed by atoms with Gasteiger partial charge in [0.15, 0.2) is 11.6 Å². The molecule has 1 aromatic rings. The minimum absolute atomic E-state index is 0.152. The Kier molecular flexibility index (Phi) is 4.35. The minimum atomic E-state index is -3.14. The van der Waals surface area contributed by atoms with Crippen LogP contribution in [0.5, 0.6) is 5.75 Å². The number of rotatable bonds is 6. The summed E-state index contributed by atoms with van der Waals surface area (Å²) in [6.45, 7) is 9.70. The fourth-order valence-electron chi connectivity index (χ4n) is 2.05. The van der Waals surface area contributed by atoms with Crippen LogP contribution in [0, 0.1) is 0 Å². The van der Waals surface area contributed by atoms with Gasteiger partial charge in [-0.15, -0.1) is 0 Å². The standard InChI is InChI=1S/C15H18F2N2O2/c1-4-20-11(3)18-10(2)19-13-7-5-6-12-8-9-15(16,17)21-14(12)13/h5-7,18-19H,2-4,8-9H2,1H3. The lowest BCUT2D eigenvalue weighted by Crippen LogP contribution is -2.30. The van der Waals surface area contributed by atoms with E-state index in [0.29, 0.717) is 24.0 Å². The van der Waals surface area contributed by atoms with Gasteiger partial charge in [0.1, 0.15) is 5.82 Å². The highest BCUT2D eigenvalue weighted by Crippen LogP contribution is 2.40. The number of nitrogens with one attached hydrogen (secondary N) is 2. The van der Waals surface area contributed by atoms with Crippen LogP contribution in [0.3, 0.4) is 0 Å². The molecule has 0 radical (unpaired) electrons. The number of anilines is 1. The number of aryl methyl sites for hydroxylation is 1. The quantitative estimate of drug-likeness (QED) is 0.787. The van der Waals surface area contributed by atoms with Crippen LogP contribution in [0.15, 0.2) is 43.1 Å².